The molecule has 0 radical (unpaired) electrons. The van der Waals surface area contributed by atoms with Crippen LogP contribution in [0.15, 0.2) is 24.3 Å². The summed E-state index contributed by atoms with van der Waals surface area (Å²) in [6, 6.07) is 7.68. The molecule has 0 heterocycles. The summed E-state index contributed by atoms with van der Waals surface area (Å²) in [4.78, 5) is 0. The Hall–Kier alpha value is -0.280. The number of halogens is 2. The molecule has 1 aromatic carbocycles. The monoisotopic (exact) mass is 249 g/mol. The fraction of sp³-hybridized carbons (Fsp3) is 0.455. The van der Waals surface area contributed by atoms with Crippen LogP contribution < -0.4 is 5.32 Å². The second-order valence-corrected chi connectivity index (χ2v) is 4.46. The minimum Gasteiger partial charge on any atom is -0.394 e. The van der Waals surface area contributed by atoms with Crippen molar-refractivity contribution in [2.24, 2.45) is 0 Å². The largest absolute Gasteiger partial charge is 0.394 e. The molecule has 0 amide bonds. The van der Waals surface area contributed by atoms with E-state index in [0.29, 0.717) is 0 Å². The van der Waals surface area contributed by atoms with E-state index in [4.69, 9.17) is 16.7 Å². The highest BCUT2D eigenvalue weighted by molar-refractivity contribution is 6.30. The summed E-state index contributed by atoms with van der Waals surface area (Å²) in [5, 5.41) is 13.0. The van der Waals surface area contributed by atoms with Crippen LogP contribution in [0.4, 0.5) is 0 Å². The van der Waals surface area contributed by atoms with Crippen molar-refractivity contribution in [3.8, 4) is 0 Å². The van der Waals surface area contributed by atoms with E-state index in [2.05, 4.69) is 5.32 Å². The third-order valence-electron chi connectivity index (χ3n) is 2.08. The topological polar surface area (TPSA) is 32.3 Å². The zero-order chi connectivity index (χ0) is 10.6. The number of rotatable bonds is 4. The Morgan fingerprint density at radius 3 is 2.27 bits per heavy atom. The first kappa shape index (κ1) is 14.7. The number of benzene rings is 1. The Labute approximate surface area is 102 Å². The van der Waals surface area contributed by atoms with Gasteiger partial charge in [-0.25, -0.2) is 0 Å². The minimum absolute atomic E-state index is 0. The molecule has 1 aromatic rings. The highest BCUT2D eigenvalue weighted by Crippen LogP contribution is 2.10. The lowest BCUT2D eigenvalue weighted by Gasteiger charge is -2.23. The highest BCUT2D eigenvalue weighted by Gasteiger charge is 2.14. The minimum atomic E-state index is -0.236. The van der Waals surface area contributed by atoms with E-state index in [1.54, 1.807) is 0 Å². The first-order chi connectivity index (χ1) is 6.53. The Morgan fingerprint density at radius 1 is 1.27 bits per heavy atom. The van der Waals surface area contributed by atoms with E-state index in [9.17, 15) is 0 Å². The van der Waals surface area contributed by atoms with Crippen molar-refractivity contribution in [2.75, 3.05) is 6.61 Å². The average molecular weight is 250 g/mol. The summed E-state index contributed by atoms with van der Waals surface area (Å²) in [5.74, 6) is 0. The van der Waals surface area contributed by atoms with Crippen molar-refractivity contribution in [2.45, 2.75) is 25.9 Å². The molecule has 0 spiro atoms. The van der Waals surface area contributed by atoms with Gasteiger partial charge in [0, 0.05) is 17.1 Å². The van der Waals surface area contributed by atoms with Crippen LogP contribution in [0.5, 0.6) is 0 Å². The zero-order valence-electron chi connectivity index (χ0n) is 8.96. The van der Waals surface area contributed by atoms with Gasteiger partial charge in [0.25, 0.3) is 0 Å². The van der Waals surface area contributed by atoms with Crippen molar-refractivity contribution < 1.29 is 5.11 Å². The van der Waals surface area contributed by atoms with Crippen LogP contribution >= 0.6 is 24.0 Å². The predicted molar refractivity (Wildman–Crippen MR) is 66.7 cm³/mol. The second kappa shape index (κ2) is 6.33. The Bertz CT molecular complexity index is 285. The molecule has 2 nitrogen and oxygen atoms in total. The van der Waals surface area contributed by atoms with Crippen molar-refractivity contribution in [3.05, 3.63) is 34.9 Å². The molecule has 0 saturated carbocycles. The van der Waals surface area contributed by atoms with Gasteiger partial charge in [-0.3, -0.25) is 0 Å². The van der Waals surface area contributed by atoms with Crippen LogP contribution in [-0.2, 0) is 6.54 Å². The molecule has 0 aliphatic rings. The first-order valence-electron chi connectivity index (χ1n) is 4.64. The third-order valence-corrected chi connectivity index (χ3v) is 2.33. The van der Waals surface area contributed by atoms with E-state index < -0.39 is 0 Å². The van der Waals surface area contributed by atoms with Gasteiger partial charge in [-0.15, -0.1) is 12.4 Å². The summed E-state index contributed by atoms with van der Waals surface area (Å²) in [6.07, 6.45) is 0. The molecule has 0 fully saturated rings. The van der Waals surface area contributed by atoms with Crippen LogP contribution in [0.25, 0.3) is 0 Å². The van der Waals surface area contributed by atoms with Gasteiger partial charge in [-0.05, 0) is 31.5 Å². The molecule has 0 aliphatic heterocycles. The van der Waals surface area contributed by atoms with Gasteiger partial charge < -0.3 is 10.4 Å². The van der Waals surface area contributed by atoms with E-state index in [1.165, 1.54) is 0 Å². The maximum atomic E-state index is 9.03. The summed E-state index contributed by atoms with van der Waals surface area (Å²) >= 11 is 5.77. The van der Waals surface area contributed by atoms with Crippen molar-refractivity contribution in [3.63, 3.8) is 0 Å². The smallest absolute Gasteiger partial charge is 0.0607 e. The predicted octanol–water partition coefficient (Wildman–Crippen LogP) is 2.62. The lowest BCUT2D eigenvalue weighted by atomic mass is 10.1. The van der Waals surface area contributed by atoms with Gasteiger partial charge in [0.1, 0.15) is 0 Å². The number of nitrogens with one attached hydrogen (secondary N) is 1. The van der Waals surface area contributed by atoms with Crippen molar-refractivity contribution >= 4 is 24.0 Å². The Kier molecular flexibility index (Phi) is 6.22. The molecule has 1 rings (SSSR count). The zero-order valence-corrected chi connectivity index (χ0v) is 10.5. The normalized spacial score (nSPS) is 10.9. The Morgan fingerprint density at radius 2 is 1.80 bits per heavy atom. The maximum absolute atomic E-state index is 9.03. The lowest BCUT2D eigenvalue weighted by Crippen LogP contribution is -2.42. The summed E-state index contributed by atoms with van der Waals surface area (Å²) in [7, 11) is 0. The van der Waals surface area contributed by atoms with Gasteiger partial charge in [0.2, 0.25) is 0 Å². The lowest BCUT2D eigenvalue weighted by molar-refractivity contribution is 0.187. The van der Waals surface area contributed by atoms with Gasteiger partial charge in [0.05, 0.1) is 6.61 Å². The number of hydrogen-bond acceptors (Lipinski definition) is 2. The molecule has 0 atom stereocenters. The van der Waals surface area contributed by atoms with Gasteiger partial charge in [0.15, 0.2) is 0 Å². The quantitative estimate of drug-likeness (QED) is 0.860. The summed E-state index contributed by atoms with van der Waals surface area (Å²) in [6.45, 7) is 4.79. The molecular formula is C11H17Cl2NO. The molecule has 0 aromatic heterocycles. The van der Waals surface area contributed by atoms with Crippen LogP contribution in [0.1, 0.15) is 19.4 Å². The fourth-order valence-electron chi connectivity index (χ4n) is 0.999. The van der Waals surface area contributed by atoms with Crippen molar-refractivity contribution in [1.82, 2.24) is 5.32 Å². The molecule has 15 heavy (non-hydrogen) atoms. The van der Waals surface area contributed by atoms with E-state index in [-0.39, 0.29) is 24.6 Å². The molecule has 2 N–H and O–H groups in total. The van der Waals surface area contributed by atoms with E-state index in [0.717, 1.165) is 17.1 Å². The number of aliphatic hydroxyl groups is 1. The fourth-order valence-corrected chi connectivity index (χ4v) is 1.13. The van der Waals surface area contributed by atoms with Crippen LogP contribution in [0, 0.1) is 0 Å². The standard InChI is InChI=1S/C11H16ClNO.ClH/c1-11(2,8-14)13-7-9-3-5-10(12)6-4-9;/h3-6,13-14H,7-8H2,1-2H3;1H. The first-order valence-corrected chi connectivity index (χ1v) is 5.02. The van der Waals surface area contributed by atoms with Crippen LogP contribution in [-0.4, -0.2) is 17.3 Å². The summed E-state index contributed by atoms with van der Waals surface area (Å²) < 4.78 is 0. The number of aliphatic hydroxyl groups excluding tert-OH is 1. The van der Waals surface area contributed by atoms with Gasteiger partial charge in [-0.1, -0.05) is 23.7 Å². The van der Waals surface area contributed by atoms with E-state index in [1.807, 2.05) is 38.1 Å². The SMILES string of the molecule is CC(C)(CO)NCc1ccc(Cl)cc1.Cl. The third kappa shape index (κ3) is 5.38. The molecular weight excluding hydrogens is 233 g/mol. The van der Waals surface area contributed by atoms with Gasteiger partial charge in [-0.2, -0.15) is 0 Å². The molecule has 86 valence electrons. The summed E-state index contributed by atoms with van der Waals surface area (Å²) in [5.41, 5.74) is 0.926. The number of hydrogen-bond donors (Lipinski definition) is 2. The molecule has 0 aliphatic carbocycles. The molecule has 0 saturated heterocycles. The highest BCUT2D eigenvalue weighted by atomic mass is 35.5. The van der Waals surface area contributed by atoms with Crippen LogP contribution in [0.2, 0.25) is 5.02 Å². The molecule has 0 bridgehead atoms. The molecule has 4 heteroatoms. The van der Waals surface area contributed by atoms with Crippen LogP contribution in [0.3, 0.4) is 0 Å². The average Bonchev–Trinajstić information content (AvgIpc) is 2.17. The molecule has 0 unspecified atom stereocenters. The Balaban J connectivity index is 0.00000196. The maximum Gasteiger partial charge on any atom is 0.0607 e. The van der Waals surface area contributed by atoms with Crippen molar-refractivity contribution in [1.29, 1.82) is 0 Å². The van der Waals surface area contributed by atoms with Gasteiger partial charge >= 0.3 is 0 Å². The van der Waals surface area contributed by atoms with E-state index >= 15 is 0 Å². The second-order valence-electron chi connectivity index (χ2n) is 4.02.